The monoisotopic (exact) mass is 317 g/mol. The number of nitrogens with zero attached hydrogens (tertiary/aromatic N) is 3. The number of esters is 1. The first-order valence-electron chi connectivity index (χ1n) is 6.54. The molecule has 7 heteroatoms. The number of piperazine rings is 1. The molecule has 0 atom stereocenters. The number of pyridine rings is 1. The molecule has 0 radical (unpaired) electrons. The standard InChI is InChI=1S/C13H17Cl2N3O2/c1-2-20-12(19)9-17-3-5-18(6-4-17)13-11(15)7-10(14)8-16-13/h7-8H,2-6,9H2,1H3. The molecule has 0 N–H and O–H groups in total. The highest BCUT2D eigenvalue weighted by Gasteiger charge is 2.21. The minimum absolute atomic E-state index is 0.177. The van der Waals surface area contributed by atoms with Gasteiger partial charge in [-0.05, 0) is 13.0 Å². The molecular formula is C13H17Cl2N3O2. The number of rotatable bonds is 4. The molecule has 110 valence electrons. The van der Waals surface area contributed by atoms with Gasteiger partial charge in [0.1, 0.15) is 5.82 Å². The number of anilines is 1. The van der Waals surface area contributed by atoms with Crippen LogP contribution in [0.1, 0.15) is 6.92 Å². The Labute approximate surface area is 128 Å². The fraction of sp³-hybridized carbons (Fsp3) is 0.538. The van der Waals surface area contributed by atoms with Crippen LogP contribution in [0.5, 0.6) is 0 Å². The van der Waals surface area contributed by atoms with Crippen molar-refractivity contribution in [3.63, 3.8) is 0 Å². The van der Waals surface area contributed by atoms with E-state index in [9.17, 15) is 4.79 Å². The molecular weight excluding hydrogens is 301 g/mol. The van der Waals surface area contributed by atoms with Crippen LogP contribution in [0, 0.1) is 0 Å². The molecule has 5 nitrogen and oxygen atoms in total. The van der Waals surface area contributed by atoms with Crippen molar-refractivity contribution >= 4 is 35.0 Å². The predicted molar refractivity (Wildman–Crippen MR) is 79.5 cm³/mol. The zero-order valence-corrected chi connectivity index (χ0v) is 12.8. The molecule has 1 saturated heterocycles. The van der Waals surface area contributed by atoms with Crippen molar-refractivity contribution in [3.8, 4) is 0 Å². The minimum Gasteiger partial charge on any atom is -0.465 e. The first kappa shape index (κ1) is 15.4. The molecule has 0 amide bonds. The molecule has 1 aliphatic heterocycles. The number of halogens is 2. The summed E-state index contributed by atoms with van der Waals surface area (Å²) in [4.78, 5) is 19.9. The molecule has 1 aromatic heterocycles. The molecule has 0 saturated carbocycles. The average molecular weight is 318 g/mol. The Bertz CT molecular complexity index is 477. The highest BCUT2D eigenvalue weighted by Crippen LogP contribution is 2.26. The quantitative estimate of drug-likeness (QED) is 0.796. The summed E-state index contributed by atoms with van der Waals surface area (Å²) >= 11 is 12.0. The van der Waals surface area contributed by atoms with E-state index >= 15 is 0 Å². The molecule has 2 rings (SSSR count). The second-order valence-corrected chi connectivity index (χ2v) is 5.37. The predicted octanol–water partition coefficient (Wildman–Crippen LogP) is 2.07. The van der Waals surface area contributed by atoms with Gasteiger partial charge in [0.05, 0.1) is 23.2 Å². The van der Waals surface area contributed by atoms with E-state index in [1.54, 1.807) is 12.3 Å². The summed E-state index contributed by atoms with van der Waals surface area (Å²) in [6.07, 6.45) is 1.59. The number of ether oxygens (including phenoxy) is 1. The third-order valence-electron chi connectivity index (χ3n) is 3.12. The second-order valence-electron chi connectivity index (χ2n) is 4.53. The second kappa shape index (κ2) is 7.11. The van der Waals surface area contributed by atoms with E-state index in [0.29, 0.717) is 23.2 Å². The van der Waals surface area contributed by atoms with Crippen LogP contribution in [0.4, 0.5) is 5.82 Å². The summed E-state index contributed by atoms with van der Waals surface area (Å²) in [6.45, 7) is 5.66. The van der Waals surface area contributed by atoms with Gasteiger partial charge in [-0.2, -0.15) is 0 Å². The lowest BCUT2D eigenvalue weighted by molar-refractivity contribution is -0.144. The molecule has 0 bridgehead atoms. The van der Waals surface area contributed by atoms with Crippen LogP contribution in [0.25, 0.3) is 0 Å². The van der Waals surface area contributed by atoms with Crippen LogP contribution < -0.4 is 4.90 Å². The van der Waals surface area contributed by atoms with Gasteiger partial charge >= 0.3 is 5.97 Å². The van der Waals surface area contributed by atoms with Crippen LogP contribution in [0.2, 0.25) is 10.0 Å². The van der Waals surface area contributed by atoms with Crippen LogP contribution in [-0.4, -0.2) is 55.2 Å². The molecule has 0 aromatic carbocycles. The van der Waals surface area contributed by atoms with E-state index in [2.05, 4.69) is 14.8 Å². The topological polar surface area (TPSA) is 45.7 Å². The number of hydrogen-bond acceptors (Lipinski definition) is 5. The fourth-order valence-corrected chi connectivity index (χ4v) is 2.65. The Kier molecular flexibility index (Phi) is 5.46. The third kappa shape index (κ3) is 3.98. The van der Waals surface area contributed by atoms with Crippen molar-refractivity contribution in [1.82, 2.24) is 9.88 Å². The summed E-state index contributed by atoms with van der Waals surface area (Å²) in [7, 11) is 0. The summed E-state index contributed by atoms with van der Waals surface area (Å²) < 4.78 is 4.95. The normalized spacial score (nSPS) is 16.2. The lowest BCUT2D eigenvalue weighted by Crippen LogP contribution is -2.48. The zero-order valence-electron chi connectivity index (χ0n) is 11.3. The van der Waals surface area contributed by atoms with Gasteiger partial charge in [0.2, 0.25) is 0 Å². The van der Waals surface area contributed by atoms with Gasteiger partial charge in [0.15, 0.2) is 0 Å². The lowest BCUT2D eigenvalue weighted by atomic mass is 10.3. The van der Waals surface area contributed by atoms with E-state index < -0.39 is 0 Å². The number of aromatic nitrogens is 1. The Hall–Kier alpha value is -1.04. The van der Waals surface area contributed by atoms with Gasteiger partial charge in [0, 0.05) is 32.4 Å². The molecule has 0 spiro atoms. The summed E-state index contributed by atoms with van der Waals surface area (Å²) in [5, 5.41) is 1.08. The maximum Gasteiger partial charge on any atom is 0.320 e. The summed E-state index contributed by atoms with van der Waals surface area (Å²) in [5.41, 5.74) is 0. The largest absolute Gasteiger partial charge is 0.465 e. The van der Waals surface area contributed by atoms with Crippen LogP contribution in [0.15, 0.2) is 12.3 Å². The number of hydrogen-bond donors (Lipinski definition) is 0. The summed E-state index contributed by atoms with van der Waals surface area (Å²) in [5.74, 6) is 0.565. The Morgan fingerprint density at radius 3 is 2.65 bits per heavy atom. The van der Waals surface area contributed by atoms with Gasteiger partial charge < -0.3 is 9.64 Å². The number of carbonyl (C=O) groups is 1. The first-order valence-corrected chi connectivity index (χ1v) is 7.29. The fourth-order valence-electron chi connectivity index (χ4n) is 2.15. The van der Waals surface area contributed by atoms with E-state index in [1.165, 1.54) is 0 Å². The summed E-state index contributed by atoms with van der Waals surface area (Å²) in [6, 6.07) is 1.69. The average Bonchev–Trinajstić information content (AvgIpc) is 2.40. The van der Waals surface area contributed by atoms with Crippen molar-refractivity contribution in [3.05, 3.63) is 22.3 Å². The molecule has 0 aliphatic carbocycles. The highest BCUT2D eigenvalue weighted by molar-refractivity contribution is 6.36. The minimum atomic E-state index is -0.177. The van der Waals surface area contributed by atoms with Crippen LogP contribution in [0.3, 0.4) is 0 Å². The Morgan fingerprint density at radius 1 is 1.35 bits per heavy atom. The molecule has 1 aliphatic rings. The van der Waals surface area contributed by atoms with Crippen molar-refractivity contribution in [2.24, 2.45) is 0 Å². The van der Waals surface area contributed by atoms with Crippen molar-refractivity contribution in [2.75, 3.05) is 44.2 Å². The third-order valence-corrected chi connectivity index (χ3v) is 3.60. The van der Waals surface area contributed by atoms with Crippen LogP contribution in [-0.2, 0) is 9.53 Å². The Balaban J connectivity index is 1.89. The SMILES string of the molecule is CCOC(=O)CN1CCN(c2ncc(Cl)cc2Cl)CC1. The van der Waals surface area contributed by atoms with E-state index in [-0.39, 0.29) is 5.97 Å². The van der Waals surface area contributed by atoms with Gasteiger partial charge in [-0.25, -0.2) is 4.98 Å². The Morgan fingerprint density at radius 2 is 2.05 bits per heavy atom. The van der Waals surface area contributed by atoms with Gasteiger partial charge in [0.25, 0.3) is 0 Å². The molecule has 20 heavy (non-hydrogen) atoms. The maximum atomic E-state index is 11.4. The smallest absolute Gasteiger partial charge is 0.320 e. The van der Waals surface area contributed by atoms with Gasteiger partial charge in [-0.15, -0.1) is 0 Å². The van der Waals surface area contributed by atoms with Gasteiger partial charge in [-0.1, -0.05) is 23.2 Å². The molecule has 2 heterocycles. The van der Waals surface area contributed by atoms with Crippen molar-refractivity contribution < 1.29 is 9.53 Å². The zero-order chi connectivity index (χ0) is 14.5. The molecule has 0 unspecified atom stereocenters. The highest BCUT2D eigenvalue weighted by atomic mass is 35.5. The lowest BCUT2D eigenvalue weighted by Gasteiger charge is -2.35. The van der Waals surface area contributed by atoms with Crippen molar-refractivity contribution in [2.45, 2.75) is 6.92 Å². The van der Waals surface area contributed by atoms with E-state index in [1.807, 2.05) is 6.92 Å². The number of carbonyl (C=O) groups excluding carboxylic acids is 1. The van der Waals surface area contributed by atoms with Crippen LogP contribution >= 0.6 is 23.2 Å². The van der Waals surface area contributed by atoms with Crippen molar-refractivity contribution in [1.29, 1.82) is 0 Å². The van der Waals surface area contributed by atoms with Gasteiger partial charge in [-0.3, -0.25) is 9.69 Å². The maximum absolute atomic E-state index is 11.4. The first-order chi connectivity index (χ1) is 9.60. The molecule has 1 aromatic rings. The van der Waals surface area contributed by atoms with E-state index in [4.69, 9.17) is 27.9 Å². The molecule has 1 fully saturated rings. The van der Waals surface area contributed by atoms with E-state index in [0.717, 1.165) is 32.0 Å².